The smallest absolute Gasteiger partial charge is 0.258 e. The van der Waals surface area contributed by atoms with Gasteiger partial charge in [0.15, 0.2) is 0 Å². The summed E-state index contributed by atoms with van der Waals surface area (Å²) in [5.41, 5.74) is 12.9. The number of carbonyl (C=O) groups excluding carboxylic acids is 1. The third kappa shape index (κ3) is 4.65. The van der Waals surface area contributed by atoms with Crippen LogP contribution >= 0.6 is 0 Å². The van der Waals surface area contributed by atoms with E-state index in [-0.39, 0.29) is 5.91 Å². The van der Waals surface area contributed by atoms with Gasteiger partial charge in [0, 0.05) is 28.1 Å². The van der Waals surface area contributed by atoms with Crippen LogP contribution in [0.3, 0.4) is 0 Å². The third-order valence-corrected chi connectivity index (χ3v) is 4.41. The quantitative estimate of drug-likeness (QED) is 0.237. The minimum Gasteiger partial charge on any atom is -0.307 e. The molecule has 0 spiro atoms. The van der Waals surface area contributed by atoms with Crippen molar-refractivity contribution in [2.24, 2.45) is 5.11 Å². The Bertz CT molecular complexity index is 1140. The maximum absolute atomic E-state index is 13.3. The minimum atomic E-state index is -0.234. The van der Waals surface area contributed by atoms with E-state index in [4.69, 9.17) is 5.53 Å². The first-order chi connectivity index (χ1) is 14.1. The number of amides is 1. The topological polar surface area (TPSA) is 69.1 Å². The molecule has 5 heteroatoms. The average molecular weight is 380 g/mol. The Labute approximate surface area is 170 Å². The second-order valence-electron chi connectivity index (χ2n) is 6.39. The number of hydrogen-bond donors (Lipinski definition) is 0. The number of aryl methyl sites for hydroxylation is 1. The van der Waals surface area contributed by atoms with Crippen molar-refractivity contribution in [2.45, 2.75) is 13.8 Å². The van der Waals surface area contributed by atoms with E-state index in [1.54, 1.807) is 29.2 Å². The Morgan fingerprint density at radius 1 is 1.03 bits per heavy atom. The second-order valence-corrected chi connectivity index (χ2v) is 6.39. The molecule has 3 aromatic carbocycles. The van der Waals surface area contributed by atoms with Gasteiger partial charge in [0.2, 0.25) is 0 Å². The Hall–Kier alpha value is -4.00. The summed E-state index contributed by atoms with van der Waals surface area (Å²) in [4.78, 5) is 17.8. The van der Waals surface area contributed by atoms with Gasteiger partial charge in [-0.2, -0.15) is 0 Å². The molecule has 0 radical (unpaired) electrons. The van der Waals surface area contributed by atoms with Crippen LogP contribution in [0.5, 0.6) is 0 Å². The molecule has 0 aromatic heterocycles. The van der Waals surface area contributed by atoms with Crippen molar-refractivity contribution in [3.8, 4) is 11.8 Å². The molecule has 0 aliphatic carbocycles. The van der Waals surface area contributed by atoms with Gasteiger partial charge in [-0.3, -0.25) is 4.79 Å². The summed E-state index contributed by atoms with van der Waals surface area (Å²) < 4.78 is 0. The lowest BCUT2D eigenvalue weighted by Gasteiger charge is -2.23. The number of carbonyl (C=O) groups is 1. The monoisotopic (exact) mass is 380 g/mol. The summed E-state index contributed by atoms with van der Waals surface area (Å²) >= 11 is 0. The fraction of sp³-hybridized carbons (Fsp3) is 0.125. The van der Waals surface area contributed by atoms with Gasteiger partial charge < -0.3 is 4.90 Å². The zero-order chi connectivity index (χ0) is 20.6. The Balaban J connectivity index is 2.06. The third-order valence-electron chi connectivity index (χ3n) is 4.41. The van der Waals surface area contributed by atoms with Gasteiger partial charge in [-0.15, -0.1) is 0 Å². The van der Waals surface area contributed by atoms with E-state index in [9.17, 15) is 4.79 Å². The molecule has 0 N–H and O–H groups in total. The normalized spacial score (nSPS) is 9.72. The van der Waals surface area contributed by atoms with Crippen LogP contribution in [0, 0.1) is 18.8 Å². The summed E-state index contributed by atoms with van der Waals surface area (Å²) in [6, 6.07) is 22.3. The molecule has 0 saturated carbocycles. The predicted molar refractivity (Wildman–Crippen MR) is 116 cm³/mol. The fourth-order valence-electron chi connectivity index (χ4n) is 3.00. The van der Waals surface area contributed by atoms with Crippen LogP contribution in [0.1, 0.15) is 34.0 Å². The molecule has 0 aliphatic rings. The Morgan fingerprint density at radius 2 is 1.76 bits per heavy atom. The van der Waals surface area contributed by atoms with E-state index >= 15 is 0 Å². The van der Waals surface area contributed by atoms with Gasteiger partial charge >= 0.3 is 0 Å². The lowest BCUT2D eigenvalue weighted by atomic mass is 10.1. The molecule has 0 heterocycles. The minimum absolute atomic E-state index is 0.234. The van der Waals surface area contributed by atoms with Crippen molar-refractivity contribution >= 4 is 17.3 Å². The van der Waals surface area contributed by atoms with Crippen molar-refractivity contribution in [2.75, 3.05) is 11.4 Å². The molecule has 3 aromatic rings. The lowest BCUT2D eigenvalue weighted by Crippen LogP contribution is -2.31. The van der Waals surface area contributed by atoms with Crippen molar-refractivity contribution in [3.63, 3.8) is 0 Å². The second kappa shape index (κ2) is 9.27. The average Bonchev–Trinajstić information content (AvgIpc) is 2.75. The van der Waals surface area contributed by atoms with Crippen LogP contribution in [0.25, 0.3) is 10.4 Å². The van der Waals surface area contributed by atoms with Crippen molar-refractivity contribution < 1.29 is 4.79 Å². The summed E-state index contributed by atoms with van der Waals surface area (Å²) in [6.07, 6.45) is 0. The first-order valence-electron chi connectivity index (χ1n) is 9.27. The molecular weight excluding hydrogens is 360 g/mol. The van der Waals surface area contributed by atoms with E-state index < -0.39 is 0 Å². The molecule has 0 fully saturated rings. The highest BCUT2D eigenvalue weighted by Gasteiger charge is 2.20. The van der Waals surface area contributed by atoms with Gasteiger partial charge in [-0.25, -0.2) is 0 Å². The van der Waals surface area contributed by atoms with E-state index in [1.165, 1.54) is 0 Å². The molecule has 0 saturated heterocycles. The molecule has 3 rings (SSSR count). The van der Waals surface area contributed by atoms with Crippen molar-refractivity contribution in [1.82, 2.24) is 0 Å². The summed E-state index contributed by atoms with van der Waals surface area (Å²) in [5, 5.41) is 3.66. The molecule has 0 unspecified atom stereocenters. The van der Waals surface area contributed by atoms with Crippen molar-refractivity contribution in [1.29, 1.82) is 0 Å². The molecule has 142 valence electrons. The highest BCUT2D eigenvalue weighted by molar-refractivity contribution is 6.09. The van der Waals surface area contributed by atoms with Crippen LogP contribution in [0.2, 0.25) is 0 Å². The molecule has 0 bridgehead atoms. The molecular formula is C24H20N4O. The molecule has 5 nitrogen and oxygen atoms in total. The predicted octanol–water partition coefficient (Wildman–Crippen LogP) is 6.00. The lowest BCUT2D eigenvalue weighted by molar-refractivity contribution is 0.0989. The molecule has 1 amide bonds. The first kappa shape index (κ1) is 19.8. The molecule has 0 atom stereocenters. The standard InChI is InChI=1S/C24H20N4O/c1-3-28(24(29)21-11-7-8-12-22(21)26-27-25)23-16-13-18(2)17-20(23)15-14-19-9-5-4-6-10-19/h4-13,16-17H,3H2,1-2H3. The van der Waals surface area contributed by atoms with Crippen LogP contribution in [0.15, 0.2) is 77.9 Å². The molecule has 0 aliphatic heterocycles. The number of nitrogens with zero attached hydrogens (tertiary/aromatic N) is 4. The zero-order valence-corrected chi connectivity index (χ0v) is 16.3. The van der Waals surface area contributed by atoms with Gasteiger partial charge in [0.05, 0.1) is 11.4 Å². The van der Waals surface area contributed by atoms with E-state index in [0.717, 1.165) is 22.4 Å². The van der Waals surface area contributed by atoms with Crippen LogP contribution < -0.4 is 4.90 Å². The van der Waals surface area contributed by atoms with E-state index in [0.29, 0.717) is 17.8 Å². The van der Waals surface area contributed by atoms with E-state index in [2.05, 4.69) is 21.9 Å². The maximum atomic E-state index is 13.3. The van der Waals surface area contributed by atoms with Crippen LogP contribution in [-0.2, 0) is 0 Å². The van der Waals surface area contributed by atoms with E-state index in [1.807, 2.05) is 62.4 Å². The number of benzene rings is 3. The Kier molecular flexibility index (Phi) is 6.32. The summed E-state index contributed by atoms with van der Waals surface area (Å²) in [6.45, 7) is 4.35. The number of anilines is 1. The van der Waals surface area contributed by atoms with Gasteiger partial charge in [-0.1, -0.05) is 59.4 Å². The first-order valence-corrected chi connectivity index (χ1v) is 9.27. The van der Waals surface area contributed by atoms with Crippen LogP contribution in [0.4, 0.5) is 11.4 Å². The SMILES string of the molecule is CCN(C(=O)c1ccccc1N=[N+]=[N-])c1ccc(C)cc1C#Cc1ccccc1. The highest BCUT2D eigenvalue weighted by Crippen LogP contribution is 2.27. The van der Waals surface area contributed by atoms with Gasteiger partial charge in [-0.05, 0) is 55.3 Å². The summed E-state index contributed by atoms with van der Waals surface area (Å²) in [7, 11) is 0. The maximum Gasteiger partial charge on any atom is 0.258 e. The summed E-state index contributed by atoms with van der Waals surface area (Å²) in [5.74, 6) is 6.13. The molecule has 29 heavy (non-hydrogen) atoms. The van der Waals surface area contributed by atoms with Crippen LogP contribution in [-0.4, -0.2) is 12.5 Å². The number of azide groups is 1. The van der Waals surface area contributed by atoms with Gasteiger partial charge in [0.1, 0.15) is 0 Å². The Morgan fingerprint density at radius 3 is 2.48 bits per heavy atom. The van der Waals surface area contributed by atoms with Crippen molar-refractivity contribution in [3.05, 3.63) is 105 Å². The highest BCUT2D eigenvalue weighted by atomic mass is 16.2. The zero-order valence-electron chi connectivity index (χ0n) is 16.3. The number of hydrogen-bond acceptors (Lipinski definition) is 2. The van der Waals surface area contributed by atoms with Gasteiger partial charge in [0.25, 0.3) is 5.91 Å². The fourth-order valence-corrected chi connectivity index (χ4v) is 3.00. The largest absolute Gasteiger partial charge is 0.307 e. The number of rotatable bonds is 4.